The van der Waals surface area contributed by atoms with Crippen molar-refractivity contribution in [2.45, 2.75) is 11.1 Å². The number of sulfone groups is 1. The first kappa shape index (κ1) is 19.3. The van der Waals surface area contributed by atoms with E-state index in [-0.39, 0.29) is 17.4 Å². The number of halogens is 3. The molecule has 27 heavy (non-hydrogen) atoms. The Hall–Kier alpha value is -2.45. The monoisotopic (exact) mass is 395 g/mol. The number of aliphatic hydroxyl groups is 1. The number of benzene rings is 1. The lowest BCUT2D eigenvalue weighted by Gasteiger charge is -2.11. The first-order chi connectivity index (χ1) is 12.6. The van der Waals surface area contributed by atoms with Gasteiger partial charge < -0.3 is 5.11 Å². The number of rotatable bonds is 4. The summed E-state index contributed by atoms with van der Waals surface area (Å²) in [6.07, 6.45) is 0.922. The van der Waals surface area contributed by atoms with Crippen LogP contribution in [0.5, 0.6) is 0 Å². The molecule has 0 aliphatic heterocycles. The Labute approximate surface area is 154 Å². The molecule has 1 aromatic carbocycles. The number of hydrogen-bond acceptors (Lipinski definition) is 4. The van der Waals surface area contributed by atoms with E-state index < -0.39 is 21.6 Å². The summed E-state index contributed by atoms with van der Waals surface area (Å²) in [5, 5.41) is 9.46. The molecule has 0 bridgehead atoms. The van der Waals surface area contributed by atoms with Gasteiger partial charge in [-0.1, -0.05) is 24.3 Å². The largest absolute Gasteiger partial charge is 0.417 e. The normalized spacial score (nSPS) is 17.6. The van der Waals surface area contributed by atoms with E-state index in [0.717, 1.165) is 18.5 Å². The molecule has 1 atom stereocenters. The molecule has 142 valence electrons. The van der Waals surface area contributed by atoms with Gasteiger partial charge in [0.1, 0.15) is 0 Å². The van der Waals surface area contributed by atoms with Gasteiger partial charge in [0, 0.05) is 23.9 Å². The van der Waals surface area contributed by atoms with Gasteiger partial charge in [0.2, 0.25) is 0 Å². The maximum absolute atomic E-state index is 12.7. The number of allylic oxidation sites excluding steroid dienone is 2. The van der Waals surface area contributed by atoms with Gasteiger partial charge >= 0.3 is 6.18 Å². The lowest BCUT2D eigenvalue weighted by atomic mass is 9.98. The molecule has 1 aromatic heterocycles. The van der Waals surface area contributed by atoms with E-state index in [1.807, 2.05) is 0 Å². The zero-order valence-electron chi connectivity index (χ0n) is 14.2. The van der Waals surface area contributed by atoms with E-state index in [0.29, 0.717) is 22.4 Å². The number of alkyl halides is 3. The Morgan fingerprint density at radius 3 is 2.15 bits per heavy atom. The summed E-state index contributed by atoms with van der Waals surface area (Å²) in [5.74, 6) is -0.298. The van der Waals surface area contributed by atoms with Crippen LogP contribution in [0.3, 0.4) is 0 Å². The summed E-state index contributed by atoms with van der Waals surface area (Å²) >= 11 is 0. The zero-order valence-corrected chi connectivity index (χ0v) is 15.1. The molecule has 1 heterocycles. The summed E-state index contributed by atoms with van der Waals surface area (Å²) in [6.45, 7) is -0.158. The predicted octanol–water partition coefficient (Wildman–Crippen LogP) is 3.59. The maximum atomic E-state index is 12.7. The van der Waals surface area contributed by atoms with Crippen molar-refractivity contribution in [1.82, 2.24) is 4.98 Å². The van der Waals surface area contributed by atoms with Crippen molar-refractivity contribution >= 4 is 21.0 Å². The smallest absolute Gasteiger partial charge is 0.395 e. The fourth-order valence-electron chi connectivity index (χ4n) is 2.84. The number of aliphatic hydroxyl groups excluding tert-OH is 1. The van der Waals surface area contributed by atoms with Gasteiger partial charge in [-0.25, -0.2) is 8.42 Å². The SMILES string of the molecule is CS(=O)(=O)c1ccc(C2=CC(CO)C=C2c2ccc(C(F)(F)F)cn2)cc1. The number of aromatic nitrogens is 1. The Balaban J connectivity index is 1.98. The second kappa shape index (κ2) is 6.94. The van der Waals surface area contributed by atoms with E-state index in [4.69, 9.17) is 0 Å². The molecule has 1 aliphatic rings. The van der Waals surface area contributed by atoms with Crippen LogP contribution in [0.15, 0.2) is 59.6 Å². The van der Waals surface area contributed by atoms with Crippen LogP contribution in [-0.2, 0) is 16.0 Å². The van der Waals surface area contributed by atoms with Gasteiger partial charge in [-0.3, -0.25) is 4.98 Å². The molecule has 0 saturated carbocycles. The molecule has 4 nitrogen and oxygen atoms in total. The third-order valence-electron chi connectivity index (χ3n) is 4.22. The first-order valence-corrected chi connectivity index (χ1v) is 9.88. The lowest BCUT2D eigenvalue weighted by molar-refractivity contribution is -0.137. The molecule has 1 unspecified atom stereocenters. The second-order valence-corrected chi connectivity index (χ2v) is 8.25. The lowest BCUT2D eigenvalue weighted by Crippen LogP contribution is -2.06. The molecule has 8 heteroatoms. The highest BCUT2D eigenvalue weighted by Gasteiger charge is 2.31. The van der Waals surface area contributed by atoms with E-state index >= 15 is 0 Å². The van der Waals surface area contributed by atoms with Crippen LogP contribution >= 0.6 is 0 Å². The third-order valence-corrected chi connectivity index (χ3v) is 5.35. The summed E-state index contributed by atoms with van der Waals surface area (Å²) in [6, 6.07) is 8.43. The molecule has 0 saturated heterocycles. The van der Waals surface area contributed by atoms with Gasteiger partial charge in [-0.2, -0.15) is 13.2 Å². The minimum Gasteiger partial charge on any atom is -0.395 e. The van der Waals surface area contributed by atoms with Crippen molar-refractivity contribution < 1.29 is 26.7 Å². The fraction of sp³-hybridized carbons (Fsp3) is 0.211. The van der Waals surface area contributed by atoms with E-state index in [1.165, 1.54) is 18.2 Å². The van der Waals surface area contributed by atoms with Gasteiger partial charge in [0.25, 0.3) is 0 Å². The number of pyridine rings is 1. The highest BCUT2D eigenvalue weighted by atomic mass is 32.2. The summed E-state index contributed by atoms with van der Waals surface area (Å²) in [7, 11) is -3.34. The molecule has 0 fully saturated rings. The molecular weight excluding hydrogens is 379 g/mol. The highest BCUT2D eigenvalue weighted by molar-refractivity contribution is 7.90. The Morgan fingerprint density at radius 1 is 1.04 bits per heavy atom. The Bertz CT molecular complexity index is 1010. The summed E-state index contributed by atoms with van der Waals surface area (Å²) < 4.78 is 61.4. The van der Waals surface area contributed by atoms with E-state index in [2.05, 4.69) is 4.98 Å². The van der Waals surface area contributed by atoms with Crippen LogP contribution in [0, 0.1) is 5.92 Å². The predicted molar refractivity (Wildman–Crippen MR) is 95.3 cm³/mol. The van der Waals surface area contributed by atoms with Crippen molar-refractivity contribution in [3.63, 3.8) is 0 Å². The average molecular weight is 395 g/mol. The molecule has 1 N–H and O–H groups in total. The standard InChI is InChI=1S/C19H16F3NO3S/c1-27(25,26)15-5-2-13(3-6-15)16-8-12(11-24)9-17(16)18-7-4-14(10-23-18)19(20,21)22/h2-10,12,24H,11H2,1H3. The van der Waals surface area contributed by atoms with Crippen LogP contribution in [0.4, 0.5) is 13.2 Å². The fourth-order valence-corrected chi connectivity index (χ4v) is 3.47. The molecule has 3 rings (SSSR count). The molecular formula is C19H16F3NO3S. The van der Waals surface area contributed by atoms with Crippen LogP contribution in [0.25, 0.3) is 11.1 Å². The van der Waals surface area contributed by atoms with E-state index in [9.17, 15) is 26.7 Å². The average Bonchev–Trinajstić information content (AvgIpc) is 3.05. The highest BCUT2D eigenvalue weighted by Crippen LogP contribution is 2.38. The molecule has 0 radical (unpaired) electrons. The van der Waals surface area contributed by atoms with Crippen molar-refractivity contribution in [1.29, 1.82) is 0 Å². The van der Waals surface area contributed by atoms with Crippen LogP contribution in [-0.4, -0.2) is 31.4 Å². The molecule has 0 spiro atoms. The quantitative estimate of drug-likeness (QED) is 0.859. The molecule has 0 amide bonds. The third kappa shape index (κ3) is 4.12. The molecule has 2 aromatic rings. The van der Waals surface area contributed by atoms with E-state index in [1.54, 1.807) is 24.3 Å². The van der Waals surface area contributed by atoms with Gasteiger partial charge in [-0.15, -0.1) is 0 Å². The Kier molecular flexibility index (Phi) is 4.96. The molecule has 1 aliphatic carbocycles. The van der Waals surface area contributed by atoms with Crippen LogP contribution in [0.1, 0.15) is 16.8 Å². The van der Waals surface area contributed by atoms with Gasteiger partial charge in [-0.05, 0) is 35.4 Å². The van der Waals surface area contributed by atoms with Gasteiger partial charge in [0.15, 0.2) is 9.84 Å². The number of nitrogens with zero attached hydrogens (tertiary/aromatic N) is 1. The maximum Gasteiger partial charge on any atom is 0.417 e. The minimum absolute atomic E-state index is 0.158. The topological polar surface area (TPSA) is 67.3 Å². The van der Waals surface area contributed by atoms with Crippen molar-refractivity contribution in [2.75, 3.05) is 12.9 Å². The van der Waals surface area contributed by atoms with Gasteiger partial charge in [0.05, 0.1) is 22.8 Å². The summed E-state index contributed by atoms with van der Waals surface area (Å²) in [4.78, 5) is 4.09. The van der Waals surface area contributed by atoms with Crippen molar-refractivity contribution in [3.05, 3.63) is 71.6 Å². The number of hydrogen-bond donors (Lipinski definition) is 1. The van der Waals surface area contributed by atoms with Crippen LogP contribution in [0.2, 0.25) is 0 Å². The Morgan fingerprint density at radius 2 is 1.67 bits per heavy atom. The first-order valence-electron chi connectivity index (χ1n) is 7.98. The minimum atomic E-state index is -4.47. The second-order valence-electron chi connectivity index (χ2n) is 6.23. The van der Waals surface area contributed by atoms with Crippen LogP contribution < -0.4 is 0 Å². The zero-order chi connectivity index (χ0) is 19.8. The van der Waals surface area contributed by atoms with Crippen molar-refractivity contribution in [2.24, 2.45) is 5.92 Å². The summed E-state index contributed by atoms with van der Waals surface area (Å²) in [5.41, 5.74) is 1.46. The van der Waals surface area contributed by atoms with Crippen molar-refractivity contribution in [3.8, 4) is 0 Å².